The summed E-state index contributed by atoms with van der Waals surface area (Å²) >= 11 is 0. The highest BCUT2D eigenvalue weighted by Crippen LogP contribution is 2.13. The molecule has 0 saturated carbocycles. The molecular weight excluding hydrogens is 368 g/mol. The summed E-state index contributed by atoms with van der Waals surface area (Å²) in [4.78, 5) is 20.7. The van der Waals surface area contributed by atoms with Gasteiger partial charge in [0.15, 0.2) is 5.82 Å². The maximum atomic E-state index is 11.9. The lowest BCUT2D eigenvalue weighted by Crippen LogP contribution is -2.31. The summed E-state index contributed by atoms with van der Waals surface area (Å²) < 4.78 is 7.22. The Kier molecular flexibility index (Phi) is 6.91. The molecule has 2 aromatic heterocycles. The molecule has 8 heteroatoms. The number of rotatable bonds is 9. The second-order valence-electron chi connectivity index (χ2n) is 6.75. The van der Waals surface area contributed by atoms with Crippen LogP contribution in [0.5, 0.6) is 0 Å². The van der Waals surface area contributed by atoms with Crippen molar-refractivity contribution in [1.82, 2.24) is 25.1 Å². The maximum Gasteiger partial charge on any atom is 0.246 e. The molecule has 3 aromatic rings. The number of amides is 1. The number of anilines is 1. The summed E-state index contributed by atoms with van der Waals surface area (Å²) in [5, 5.41) is 10.5. The number of carbonyl (C=O) groups excluding carboxylic acids is 1. The van der Waals surface area contributed by atoms with E-state index in [-0.39, 0.29) is 12.5 Å². The largest absolute Gasteiger partial charge is 0.368 e. The van der Waals surface area contributed by atoms with Gasteiger partial charge in [-0.25, -0.2) is 14.6 Å². The number of nitrogens with zero attached hydrogens (tertiary/aromatic N) is 4. The number of aromatic nitrogens is 4. The minimum absolute atomic E-state index is 0.0313. The standard InChI is InChI=1S/C21H26N6O2/c1-15-11-16(2)27(26-15)20-12-19(24-17(3)25-20)22-9-10-23-21(28)14-29-13-18-7-5-4-6-8-18/h4-8,11-12H,9-10,13-14H2,1-3H3,(H,23,28)(H,22,24,25). The SMILES string of the molecule is Cc1cc(C)n(-c2cc(NCCNC(=O)COCc3ccccc3)nc(C)n2)n1. The van der Waals surface area contributed by atoms with E-state index in [9.17, 15) is 4.79 Å². The third-order valence-electron chi connectivity index (χ3n) is 4.15. The molecule has 0 aliphatic carbocycles. The highest BCUT2D eigenvalue weighted by atomic mass is 16.5. The van der Waals surface area contributed by atoms with Crippen LogP contribution in [0.25, 0.3) is 5.82 Å². The zero-order valence-electron chi connectivity index (χ0n) is 17.0. The third-order valence-corrected chi connectivity index (χ3v) is 4.15. The van der Waals surface area contributed by atoms with Gasteiger partial charge in [-0.2, -0.15) is 5.10 Å². The van der Waals surface area contributed by atoms with Gasteiger partial charge in [0.2, 0.25) is 5.91 Å². The second kappa shape index (κ2) is 9.79. The number of hydrogen-bond acceptors (Lipinski definition) is 6. The Balaban J connectivity index is 1.43. The van der Waals surface area contributed by atoms with Crippen LogP contribution in [0.2, 0.25) is 0 Å². The van der Waals surface area contributed by atoms with Crippen molar-refractivity contribution in [2.24, 2.45) is 0 Å². The van der Waals surface area contributed by atoms with Gasteiger partial charge in [-0.05, 0) is 32.4 Å². The Morgan fingerprint density at radius 2 is 1.86 bits per heavy atom. The minimum Gasteiger partial charge on any atom is -0.368 e. The minimum atomic E-state index is -0.148. The third kappa shape index (κ3) is 6.11. The van der Waals surface area contributed by atoms with Gasteiger partial charge in [-0.3, -0.25) is 4.79 Å². The number of benzene rings is 1. The first-order chi connectivity index (χ1) is 14.0. The number of aryl methyl sites for hydroxylation is 3. The number of nitrogens with one attached hydrogen (secondary N) is 2. The van der Waals surface area contributed by atoms with E-state index in [4.69, 9.17) is 4.74 Å². The molecule has 0 spiro atoms. The smallest absolute Gasteiger partial charge is 0.246 e. The molecule has 8 nitrogen and oxygen atoms in total. The summed E-state index contributed by atoms with van der Waals surface area (Å²) in [6.45, 7) is 7.23. The molecule has 1 aromatic carbocycles. The first-order valence-electron chi connectivity index (χ1n) is 9.53. The van der Waals surface area contributed by atoms with E-state index in [1.165, 1.54) is 0 Å². The molecule has 0 fully saturated rings. The maximum absolute atomic E-state index is 11.9. The summed E-state index contributed by atoms with van der Waals surface area (Å²) in [7, 11) is 0. The van der Waals surface area contributed by atoms with Crippen LogP contribution in [0.3, 0.4) is 0 Å². The molecule has 0 atom stereocenters. The van der Waals surface area contributed by atoms with Crippen molar-refractivity contribution >= 4 is 11.7 Å². The molecule has 0 aliphatic rings. The monoisotopic (exact) mass is 394 g/mol. The van der Waals surface area contributed by atoms with Crippen molar-refractivity contribution in [3.8, 4) is 5.82 Å². The lowest BCUT2D eigenvalue weighted by molar-refractivity contribution is -0.126. The van der Waals surface area contributed by atoms with Crippen molar-refractivity contribution in [2.45, 2.75) is 27.4 Å². The topological polar surface area (TPSA) is 94.0 Å². The lowest BCUT2D eigenvalue weighted by atomic mass is 10.2. The van der Waals surface area contributed by atoms with Gasteiger partial charge in [-0.15, -0.1) is 0 Å². The van der Waals surface area contributed by atoms with Crippen molar-refractivity contribution in [2.75, 3.05) is 25.0 Å². The van der Waals surface area contributed by atoms with E-state index in [2.05, 4.69) is 25.7 Å². The molecule has 29 heavy (non-hydrogen) atoms. The molecule has 2 N–H and O–H groups in total. The first-order valence-corrected chi connectivity index (χ1v) is 9.53. The molecule has 152 valence electrons. The van der Waals surface area contributed by atoms with Crippen LogP contribution in [-0.4, -0.2) is 45.4 Å². The van der Waals surface area contributed by atoms with Gasteiger partial charge in [0.05, 0.1) is 12.3 Å². The highest BCUT2D eigenvalue weighted by Gasteiger charge is 2.08. The van der Waals surface area contributed by atoms with E-state index in [0.717, 1.165) is 17.0 Å². The molecular formula is C21H26N6O2. The molecule has 1 amide bonds. The Morgan fingerprint density at radius 3 is 2.59 bits per heavy atom. The van der Waals surface area contributed by atoms with Gasteiger partial charge in [0.25, 0.3) is 0 Å². The Morgan fingerprint density at radius 1 is 1.07 bits per heavy atom. The fourth-order valence-corrected chi connectivity index (χ4v) is 2.89. The predicted molar refractivity (Wildman–Crippen MR) is 111 cm³/mol. The average molecular weight is 394 g/mol. The molecule has 0 bridgehead atoms. The molecule has 0 unspecified atom stereocenters. The zero-order valence-corrected chi connectivity index (χ0v) is 17.0. The fourth-order valence-electron chi connectivity index (χ4n) is 2.89. The van der Waals surface area contributed by atoms with Crippen LogP contribution in [-0.2, 0) is 16.1 Å². The highest BCUT2D eigenvalue weighted by molar-refractivity contribution is 5.77. The molecule has 3 rings (SSSR count). The molecule has 0 aliphatic heterocycles. The van der Waals surface area contributed by atoms with Crippen LogP contribution in [0, 0.1) is 20.8 Å². The summed E-state index contributed by atoms with van der Waals surface area (Å²) in [5.41, 5.74) is 2.99. The summed E-state index contributed by atoms with van der Waals surface area (Å²) in [5.74, 6) is 1.90. The lowest BCUT2D eigenvalue weighted by Gasteiger charge is -2.10. The van der Waals surface area contributed by atoms with E-state index in [0.29, 0.717) is 37.2 Å². The normalized spacial score (nSPS) is 10.7. The van der Waals surface area contributed by atoms with E-state index in [1.807, 2.05) is 63.2 Å². The quantitative estimate of drug-likeness (QED) is 0.541. The molecule has 0 radical (unpaired) electrons. The zero-order chi connectivity index (χ0) is 20.6. The van der Waals surface area contributed by atoms with Crippen LogP contribution in [0.4, 0.5) is 5.82 Å². The summed E-state index contributed by atoms with van der Waals surface area (Å²) in [6.07, 6.45) is 0. The Bertz CT molecular complexity index is 955. The predicted octanol–water partition coefficient (Wildman–Crippen LogP) is 2.33. The van der Waals surface area contributed by atoms with Crippen molar-refractivity contribution in [3.05, 3.63) is 65.2 Å². The van der Waals surface area contributed by atoms with Gasteiger partial charge >= 0.3 is 0 Å². The second-order valence-corrected chi connectivity index (χ2v) is 6.75. The average Bonchev–Trinajstić information content (AvgIpc) is 3.04. The summed E-state index contributed by atoms with van der Waals surface area (Å²) in [6, 6.07) is 13.6. The first kappa shape index (κ1) is 20.5. The van der Waals surface area contributed by atoms with Crippen molar-refractivity contribution < 1.29 is 9.53 Å². The number of carbonyl (C=O) groups is 1. The molecule has 0 saturated heterocycles. The number of hydrogen-bond donors (Lipinski definition) is 2. The Labute approximate surface area is 170 Å². The van der Waals surface area contributed by atoms with E-state index >= 15 is 0 Å². The van der Waals surface area contributed by atoms with Gasteiger partial charge in [0.1, 0.15) is 18.2 Å². The van der Waals surface area contributed by atoms with Crippen molar-refractivity contribution in [3.63, 3.8) is 0 Å². The van der Waals surface area contributed by atoms with Crippen molar-refractivity contribution in [1.29, 1.82) is 0 Å². The number of ether oxygens (including phenoxy) is 1. The van der Waals surface area contributed by atoms with Crippen LogP contribution >= 0.6 is 0 Å². The van der Waals surface area contributed by atoms with Crippen LogP contribution < -0.4 is 10.6 Å². The van der Waals surface area contributed by atoms with Crippen LogP contribution in [0.15, 0.2) is 42.5 Å². The van der Waals surface area contributed by atoms with E-state index < -0.39 is 0 Å². The Hall–Kier alpha value is -3.26. The van der Waals surface area contributed by atoms with Gasteiger partial charge in [0, 0.05) is 24.8 Å². The van der Waals surface area contributed by atoms with Gasteiger partial charge in [-0.1, -0.05) is 30.3 Å². The molecule has 2 heterocycles. The van der Waals surface area contributed by atoms with Crippen LogP contribution in [0.1, 0.15) is 22.8 Å². The van der Waals surface area contributed by atoms with Gasteiger partial charge < -0.3 is 15.4 Å². The van der Waals surface area contributed by atoms with E-state index in [1.54, 1.807) is 4.68 Å². The fraction of sp³-hybridized carbons (Fsp3) is 0.333.